The third-order valence-corrected chi connectivity index (χ3v) is 5.59. The Hall–Kier alpha value is -3.75. The van der Waals surface area contributed by atoms with Gasteiger partial charge in [-0.25, -0.2) is 0 Å². The van der Waals surface area contributed by atoms with Crippen LogP contribution in [-0.4, -0.2) is 6.18 Å². The van der Waals surface area contributed by atoms with E-state index in [1.807, 2.05) is 31.2 Å². The van der Waals surface area contributed by atoms with Crippen molar-refractivity contribution >= 4 is 0 Å². The molecule has 3 aromatic rings. The van der Waals surface area contributed by atoms with Crippen LogP contribution >= 0.6 is 0 Å². The quantitative estimate of drug-likeness (QED) is 0.383. The number of nitrogens with zero attached hydrogens (tertiary/aromatic N) is 4. The van der Waals surface area contributed by atoms with E-state index in [1.54, 1.807) is 36.4 Å². The second-order valence-electron chi connectivity index (χ2n) is 8.03. The second kappa shape index (κ2) is 7.68. The summed E-state index contributed by atoms with van der Waals surface area (Å²) >= 11 is 0. The van der Waals surface area contributed by atoms with Crippen LogP contribution in [0.1, 0.15) is 29.2 Å². The molecule has 33 heavy (non-hydrogen) atoms. The van der Waals surface area contributed by atoms with Crippen molar-refractivity contribution in [1.82, 2.24) is 0 Å². The molecule has 0 N–H and O–H groups in total. The Morgan fingerprint density at radius 3 is 1.42 bits per heavy atom. The molecule has 0 bridgehead atoms. The molecule has 0 aliphatic carbocycles. The van der Waals surface area contributed by atoms with Gasteiger partial charge in [-0.1, -0.05) is 48.5 Å². The number of benzene rings is 3. The van der Waals surface area contributed by atoms with Crippen molar-refractivity contribution in [2.45, 2.75) is 37.6 Å². The number of alkyl halides is 3. The lowest BCUT2D eigenvalue weighted by Gasteiger charge is -2.15. The van der Waals surface area contributed by atoms with Gasteiger partial charge in [0.25, 0.3) is 0 Å². The molecule has 9 heteroatoms. The third kappa shape index (κ3) is 4.30. The SMILES string of the molecule is CC1(c2ccc(COc3ccc(OCc4ccc(C5(C(F)(F)F)N=N5)cc4)cc3)cc2)N=N1. The molecule has 2 heterocycles. The van der Waals surface area contributed by atoms with E-state index in [0.717, 1.165) is 16.7 Å². The zero-order valence-electron chi connectivity index (χ0n) is 17.6. The molecule has 0 atom stereocenters. The van der Waals surface area contributed by atoms with Gasteiger partial charge in [-0.2, -0.15) is 23.4 Å². The maximum atomic E-state index is 13.1. The van der Waals surface area contributed by atoms with Crippen LogP contribution in [0.3, 0.4) is 0 Å². The van der Waals surface area contributed by atoms with Gasteiger partial charge < -0.3 is 9.47 Å². The second-order valence-corrected chi connectivity index (χ2v) is 8.03. The molecule has 0 saturated heterocycles. The topological polar surface area (TPSA) is 67.9 Å². The molecule has 0 fully saturated rings. The standard InChI is InChI=1S/C24H19F3N4O2/c1-22(28-29-22)18-6-2-16(3-7-18)14-32-20-10-12-21(13-11-20)33-15-17-4-8-19(9-5-17)23(30-31-23)24(25,26)27/h2-13H,14-15H2,1H3. The van der Waals surface area contributed by atoms with Gasteiger partial charge in [0.2, 0.25) is 5.66 Å². The van der Waals surface area contributed by atoms with Crippen LogP contribution in [0.2, 0.25) is 0 Å². The summed E-state index contributed by atoms with van der Waals surface area (Å²) in [6.07, 6.45) is -4.53. The van der Waals surface area contributed by atoms with Crippen LogP contribution in [0.5, 0.6) is 11.5 Å². The fourth-order valence-corrected chi connectivity index (χ4v) is 3.35. The molecule has 0 radical (unpaired) electrons. The molecule has 3 aromatic carbocycles. The van der Waals surface area contributed by atoms with Crippen molar-refractivity contribution in [3.8, 4) is 11.5 Å². The highest BCUT2D eigenvalue weighted by molar-refractivity contribution is 5.35. The fourth-order valence-electron chi connectivity index (χ4n) is 3.35. The van der Waals surface area contributed by atoms with E-state index >= 15 is 0 Å². The first-order chi connectivity index (χ1) is 15.8. The van der Waals surface area contributed by atoms with Crippen LogP contribution in [0.4, 0.5) is 13.2 Å². The smallest absolute Gasteiger partial charge is 0.442 e. The number of halogens is 3. The fraction of sp³-hybridized carbons (Fsp3) is 0.250. The van der Waals surface area contributed by atoms with E-state index in [1.165, 1.54) is 12.1 Å². The summed E-state index contributed by atoms with van der Waals surface area (Å²) in [5, 5.41) is 14.5. The van der Waals surface area contributed by atoms with Gasteiger partial charge in [-0.15, -0.1) is 10.2 Å². The highest BCUT2D eigenvalue weighted by atomic mass is 19.4. The van der Waals surface area contributed by atoms with Gasteiger partial charge in [-0.05, 0) is 42.3 Å². The molecule has 5 rings (SSSR count). The summed E-state index contributed by atoms with van der Waals surface area (Å²) in [4.78, 5) is 0. The molecule has 0 saturated carbocycles. The molecular weight excluding hydrogens is 433 g/mol. The molecule has 168 valence electrons. The van der Waals surface area contributed by atoms with Crippen molar-refractivity contribution < 1.29 is 22.6 Å². The maximum Gasteiger partial charge on any atom is 0.442 e. The van der Waals surface area contributed by atoms with Crippen molar-refractivity contribution in [2.24, 2.45) is 20.5 Å². The lowest BCUT2D eigenvalue weighted by atomic mass is 10.0. The zero-order chi connectivity index (χ0) is 23.1. The van der Waals surface area contributed by atoms with Crippen molar-refractivity contribution in [3.63, 3.8) is 0 Å². The monoisotopic (exact) mass is 452 g/mol. The number of hydrogen-bond acceptors (Lipinski definition) is 6. The minimum absolute atomic E-state index is 0.00151. The summed E-state index contributed by atoms with van der Waals surface area (Å²) in [5.74, 6) is 1.32. The first-order valence-corrected chi connectivity index (χ1v) is 10.3. The van der Waals surface area contributed by atoms with Crippen LogP contribution in [0.25, 0.3) is 0 Å². The van der Waals surface area contributed by atoms with Gasteiger partial charge in [0.15, 0.2) is 0 Å². The molecule has 6 nitrogen and oxygen atoms in total. The van der Waals surface area contributed by atoms with E-state index in [0.29, 0.717) is 18.1 Å². The minimum Gasteiger partial charge on any atom is -0.489 e. The Morgan fingerprint density at radius 2 is 1.06 bits per heavy atom. The Morgan fingerprint density at radius 1 is 0.636 bits per heavy atom. The minimum atomic E-state index is -4.53. The Labute approximate surface area is 187 Å². The Balaban J connectivity index is 1.11. The highest BCUT2D eigenvalue weighted by Gasteiger charge is 2.65. The molecule has 0 spiro atoms. The zero-order valence-corrected chi connectivity index (χ0v) is 17.6. The number of hydrogen-bond donors (Lipinski definition) is 0. The molecule has 0 aromatic heterocycles. The van der Waals surface area contributed by atoms with Crippen molar-refractivity contribution in [2.75, 3.05) is 0 Å². The van der Waals surface area contributed by atoms with Gasteiger partial charge in [-0.3, -0.25) is 0 Å². The summed E-state index contributed by atoms with van der Waals surface area (Å²) in [6.45, 7) is 2.61. The molecule has 0 amide bonds. The summed E-state index contributed by atoms with van der Waals surface area (Å²) in [5.41, 5.74) is 0.0461. The van der Waals surface area contributed by atoms with Gasteiger partial charge in [0.1, 0.15) is 24.7 Å². The largest absolute Gasteiger partial charge is 0.489 e. The molecule has 0 unspecified atom stereocenters. The Kier molecular flexibility index (Phi) is 4.92. The van der Waals surface area contributed by atoms with E-state index < -0.39 is 11.8 Å². The maximum absolute atomic E-state index is 13.1. The van der Waals surface area contributed by atoms with Crippen LogP contribution in [0, 0.1) is 0 Å². The van der Waals surface area contributed by atoms with E-state index in [4.69, 9.17) is 9.47 Å². The highest BCUT2D eigenvalue weighted by Crippen LogP contribution is 2.52. The average Bonchev–Trinajstić information content (AvgIpc) is 3.74. The Bertz CT molecular complexity index is 1190. The molecule has 2 aliphatic rings. The number of ether oxygens (including phenoxy) is 2. The van der Waals surface area contributed by atoms with Gasteiger partial charge in [0.05, 0.1) is 0 Å². The van der Waals surface area contributed by atoms with Crippen molar-refractivity contribution in [1.29, 1.82) is 0 Å². The van der Waals surface area contributed by atoms with Crippen LogP contribution < -0.4 is 9.47 Å². The van der Waals surface area contributed by atoms with Crippen LogP contribution in [0.15, 0.2) is 93.3 Å². The van der Waals surface area contributed by atoms with Gasteiger partial charge in [0, 0.05) is 11.1 Å². The van der Waals surface area contributed by atoms with Gasteiger partial charge >= 0.3 is 11.8 Å². The summed E-state index contributed by atoms with van der Waals surface area (Å²) < 4.78 is 50.7. The lowest BCUT2D eigenvalue weighted by molar-refractivity contribution is -0.166. The molecule has 2 aliphatic heterocycles. The first kappa shape index (κ1) is 21.1. The van der Waals surface area contributed by atoms with E-state index in [9.17, 15) is 13.2 Å². The normalized spacial score (nSPS) is 17.0. The van der Waals surface area contributed by atoms with E-state index in [-0.39, 0.29) is 17.8 Å². The number of rotatable bonds is 8. The third-order valence-electron chi connectivity index (χ3n) is 5.59. The van der Waals surface area contributed by atoms with Crippen molar-refractivity contribution in [3.05, 3.63) is 95.1 Å². The predicted octanol–water partition coefficient (Wildman–Crippen LogP) is 6.66. The molecular formula is C24H19F3N4O2. The van der Waals surface area contributed by atoms with Crippen LogP contribution in [-0.2, 0) is 24.5 Å². The first-order valence-electron chi connectivity index (χ1n) is 10.3. The summed E-state index contributed by atoms with van der Waals surface area (Å²) in [6, 6.07) is 21.1. The summed E-state index contributed by atoms with van der Waals surface area (Å²) in [7, 11) is 0. The predicted molar refractivity (Wildman–Crippen MR) is 113 cm³/mol. The van der Waals surface area contributed by atoms with E-state index in [2.05, 4.69) is 20.5 Å². The lowest BCUT2D eigenvalue weighted by Crippen LogP contribution is -2.30. The average molecular weight is 452 g/mol.